The molecule has 0 N–H and O–H groups in total. The van der Waals surface area contributed by atoms with Crippen LogP contribution in [0, 0.1) is 0 Å². The van der Waals surface area contributed by atoms with Crippen molar-refractivity contribution >= 4 is 60.8 Å². The Labute approximate surface area is 401 Å². The minimum absolute atomic E-state index is 0.902. The molecule has 0 fully saturated rings. The summed E-state index contributed by atoms with van der Waals surface area (Å²) in [4.78, 5) is 2.35. The fourth-order valence-electron chi connectivity index (χ4n) is 10.3. The molecule has 13 rings (SSSR count). The number of benzene rings is 11. The van der Waals surface area contributed by atoms with E-state index < -0.39 is 0 Å². The lowest BCUT2D eigenvalue weighted by atomic mass is 9.96. The molecule has 0 spiro atoms. The number of fused-ring (bicyclic) bond motifs is 6. The van der Waals surface area contributed by atoms with Gasteiger partial charge in [0.05, 0.1) is 11.0 Å². The molecule has 0 bridgehead atoms. The third-order valence-corrected chi connectivity index (χ3v) is 13.6. The van der Waals surface area contributed by atoms with Gasteiger partial charge >= 0.3 is 0 Å². The van der Waals surface area contributed by atoms with E-state index >= 15 is 0 Å². The Hall–Kier alpha value is -9.18. The molecule has 0 saturated heterocycles. The van der Waals surface area contributed by atoms with Crippen molar-refractivity contribution in [3.63, 3.8) is 0 Å². The molecule has 0 unspecified atom stereocenters. The zero-order valence-electron chi connectivity index (χ0n) is 37.7. The topological polar surface area (TPSA) is 21.3 Å². The molecule has 0 atom stereocenters. The van der Waals surface area contributed by atoms with E-state index in [1.54, 1.807) is 0 Å². The smallest absolute Gasteiger partial charge is 0.136 e. The summed E-state index contributed by atoms with van der Waals surface area (Å²) in [5.41, 5.74) is 20.4. The van der Waals surface area contributed by atoms with Crippen LogP contribution in [0.25, 0.3) is 105 Å². The number of anilines is 3. The molecular formula is C66H44N2O. The summed E-state index contributed by atoms with van der Waals surface area (Å²) in [6, 6.07) is 96.0. The molecule has 0 aliphatic rings. The molecule has 3 nitrogen and oxygen atoms in total. The maximum Gasteiger partial charge on any atom is 0.136 e. The average Bonchev–Trinajstić information content (AvgIpc) is 3.98. The zero-order chi connectivity index (χ0) is 45.7. The summed E-state index contributed by atoms with van der Waals surface area (Å²) >= 11 is 0. The summed E-state index contributed by atoms with van der Waals surface area (Å²) in [6.07, 6.45) is 0. The first kappa shape index (κ1) is 40.1. The van der Waals surface area contributed by atoms with E-state index in [0.717, 1.165) is 66.9 Å². The van der Waals surface area contributed by atoms with E-state index in [1.165, 1.54) is 55.2 Å². The highest BCUT2D eigenvalue weighted by Gasteiger charge is 2.17. The molecule has 0 amide bonds. The van der Waals surface area contributed by atoms with Crippen molar-refractivity contribution in [1.82, 2.24) is 4.57 Å². The van der Waals surface area contributed by atoms with Gasteiger partial charge in [0.25, 0.3) is 0 Å². The normalized spacial score (nSPS) is 11.5. The summed E-state index contributed by atoms with van der Waals surface area (Å²) in [7, 11) is 0. The Morgan fingerprint density at radius 3 is 1.23 bits per heavy atom. The number of hydrogen-bond donors (Lipinski definition) is 0. The summed E-state index contributed by atoms with van der Waals surface area (Å²) < 4.78 is 8.62. The molecular weight excluding hydrogens is 837 g/mol. The minimum atomic E-state index is 0.902. The fourth-order valence-corrected chi connectivity index (χ4v) is 10.3. The monoisotopic (exact) mass is 880 g/mol. The second kappa shape index (κ2) is 16.9. The van der Waals surface area contributed by atoms with Gasteiger partial charge in [-0.15, -0.1) is 0 Å². The quantitative estimate of drug-likeness (QED) is 0.144. The molecule has 0 aliphatic carbocycles. The minimum Gasteiger partial charge on any atom is -0.456 e. The van der Waals surface area contributed by atoms with Gasteiger partial charge in [0.1, 0.15) is 11.2 Å². The zero-order valence-corrected chi connectivity index (χ0v) is 37.7. The number of rotatable bonds is 9. The van der Waals surface area contributed by atoms with Crippen molar-refractivity contribution in [1.29, 1.82) is 0 Å². The third kappa shape index (κ3) is 7.25. The molecule has 0 aliphatic heterocycles. The van der Waals surface area contributed by atoms with Crippen LogP contribution < -0.4 is 4.90 Å². The number of aromatic nitrogens is 1. The first-order valence-corrected chi connectivity index (χ1v) is 23.6. The highest BCUT2D eigenvalue weighted by molar-refractivity contribution is 6.12. The predicted molar refractivity (Wildman–Crippen MR) is 290 cm³/mol. The number of furan rings is 1. The van der Waals surface area contributed by atoms with Gasteiger partial charge in [-0.3, -0.25) is 0 Å². The van der Waals surface area contributed by atoms with Gasteiger partial charge < -0.3 is 13.9 Å². The molecule has 11 aromatic carbocycles. The van der Waals surface area contributed by atoms with E-state index in [-0.39, 0.29) is 0 Å². The van der Waals surface area contributed by atoms with E-state index in [9.17, 15) is 0 Å². The molecule has 0 saturated carbocycles. The highest BCUT2D eigenvalue weighted by Crippen LogP contribution is 2.41. The van der Waals surface area contributed by atoms with Gasteiger partial charge in [0.2, 0.25) is 0 Å². The van der Waals surface area contributed by atoms with E-state index in [1.807, 2.05) is 12.1 Å². The van der Waals surface area contributed by atoms with Gasteiger partial charge in [-0.25, -0.2) is 0 Å². The lowest BCUT2D eigenvalue weighted by Gasteiger charge is -2.26. The van der Waals surface area contributed by atoms with Gasteiger partial charge in [0, 0.05) is 44.3 Å². The van der Waals surface area contributed by atoms with Gasteiger partial charge in [0.15, 0.2) is 0 Å². The largest absolute Gasteiger partial charge is 0.456 e. The maximum atomic E-state index is 6.25. The number of hydrogen-bond acceptors (Lipinski definition) is 2. The third-order valence-electron chi connectivity index (χ3n) is 13.6. The van der Waals surface area contributed by atoms with Gasteiger partial charge in [-0.05, 0) is 141 Å². The highest BCUT2D eigenvalue weighted by atomic mass is 16.3. The molecule has 2 aromatic heterocycles. The van der Waals surface area contributed by atoms with E-state index in [0.29, 0.717) is 0 Å². The Balaban J connectivity index is 0.842. The second-order valence-corrected chi connectivity index (χ2v) is 17.7. The summed E-state index contributed by atoms with van der Waals surface area (Å²) in [5.74, 6) is 0. The van der Waals surface area contributed by atoms with Crippen LogP contribution in [0.4, 0.5) is 17.1 Å². The van der Waals surface area contributed by atoms with Crippen LogP contribution in [0.1, 0.15) is 0 Å². The van der Waals surface area contributed by atoms with Crippen molar-refractivity contribution in [2.24, 2.45) is 0 Å². The predicted octanol–water partition coefficient (Wildman–Crippen LogP) is 18.5. The maximum absolute atomic E-state index is 6.25. The molecule has 13 aromatic rings. The molecule has 2 heterocycles. The lowest BCUT2D eigenvalue weighted by Crippen LogP contribution is -2.09. The lowest BCUT2D eigenvalue weighted by molar-refractivity contribution is 0.669. The first-order chi connectivity index (χ1) is 34.2. The second-order valence-electron chi connectivity index (χ2n) is 17.7. The van der Waals surface area contributed by atoms with E-state index in [2.05, 4.69) is 264 Å². The Morgan fingerprint density at radius 2 is 0.667 bits per heavy atom. The van der Waals surface area contributed by atoms with Crippen molar-refractivity contribution < 1.29 is 4.42 Å². The van der Waals surface area contributed by atoms with Crippen molar-refractivity contribution in [2.45, 2.75) is 0 Å². The summed E-state index contributed by atoms with van der Waals surface area (Å²) in [5, 5.41) is 4.81. The van der Waals surface area contributed by atoms with Crippen LogP contribution in [0.2, 0.25) is 0 Å². The van der Waals surface area contributed by atoms with Crippen LogP contribution >= 0.6 is 0 Å². The van der Waals surface area contributed by atoms with Crippen molar-refractivity contribution in [3.05, 3.63) is 267 Å². The van der Waals surface area contributed by atoms with Gasteiger partial charge in [-0.2, -0.15) is 0 Å². The van der Waals surface area contributed by atoms with Crippen LogP contribution in [-0.2, 0) is 0 Å². The Bertz CT molecular complexity index is 3920. The van der Waals surface area contributed by atoms with Crippen LogP contribution in [0.3, 0.4) is 0 Å². The Kier molecular flexibility index (Phi) is 9.84. The van der Waals surface area contributed by atoms with E-state index in [4.69, 9.17) is 4.42 Å². The van der Waals surface area contributed by atoms with Crippen molar-refractivity contribution in [2.75, 3.05) is 4.90 Å². The van der Waals surface area contributed by atoms with Crippen LogP contribution in [0.5, 0.6) is 0 Å². The average molecular weight is 881 g/mol. The standard InChI is InChI=1S/C66H44N2O/c1-2-13-45(14-3-1)50-15-10-16-51(43-50)48-31-37-55(38-32-48)67(54-35-27-46(28-36-54)47-29-41-57(42-30-47)68-62-23-7-4-19-59(62)60-20-5-8-24-63(60)68)56-39-33-49(34-40-56)52-17-11-18-53(44-52)58-22-12-26-65-66(58)61-21-6-9-25-64(61)69-65/h1-44H. The first-order valence-electron chi connectivity index (χ1n) is 23.6. The number of nitrogens with zero attached hydrogens (tertiary/aromatic N) is 2. The molecule has 0 radical (unpaired) electrons. The number of para-hydroxylation sites is 3. The Morgan fingerprint density at radius 1 is 0.275 bits per heavy atom. The molecule has 324 valence electrons. The molecule has 3 heteroatoms. The summed E-state index contributed by atoms with van der Waals surface area (Å²) in [6.45, 7) is 0. The molecule has 69 heavy (non-hydrogen) atoms. The van der Waals surface area contributed by atoms with Crippen LogP contribution in [0.15, 0.2) is 271 Å². The fraction of sp³-hybridized carbons (Fsp3) is 0. The van der Waals surface area contributed by atoms with Crippen LogP contribution in [-0.4, -0.2) is 4.57 Å². The van der Waals surface area contributed by atoms with Crippen molar-refractivity contribution in [3.8, 4) is 61.3 Å². The SMILES string of the molecule is c1ccc(-c2cccc(-c3ccc(N(c4ccc(-c5ccc(-n6c7ccccc7c7ccccc76)cc5)cc4)c4ccc(-c5cccc(-c6cccc7oc8ccccc8c67)c5)cc4)cc3)c2)cc1. The van der Waals surface area contributed by atoms with Gasteiger partial charge in [-0.1, -0.05) is 182 Å².